The maximum absolute atomic E-state index is 13.8. The molecule has 0 aromatic heterocycles. The molecule has 38 heavy (non-hydrogen) atoms. The van der Waals surface area contributed by atoms with Gasteiger partial charge in [-0.1, -0.05) is 45.8 Å². The fourth-order valence-electron chi connectivity index (χ4n) is 3.85. The molecule has 0 fully saturated rings. The van der Waals surface area contributed by atoms with Gasteiger partial charge in [0.25, 0.3) is 10.0 Å². The van der Waals surface area contributed by atoms with E-state index in [2.05, 4.69) is 21.2 Å². The average Bonchev–Trinajstić information content (AvgIpc) is 2.90. The van der Waals surface area contributed by atoms with E-state index in [1.54, 1.807) is 62.4 Å². The van der Waals surface area contributed by atoms with Crippen LogP contribution in [0.1, 0.15) is 25.0 Å². The van der Waals surface area contributed by atoms with Crippen molar-refractivity contribution >= 4 is 55.2 Å². The van der Waals surface area contributed by atoms with Gasteiger partial charge in [0.15, 0.2) is 0 Å². The van der Waals surface area contributed by atoms with Gasteiger partial charge in [-0.15, -0.1) is 11.8 Å². The van der Waals surface area contributed by atoms with Crippen LogP contribution in [0.2, 0.25) is 0 Å². The molecule has 0 aliphatic carbocycles. The summed E-state index contributed by atoms with van der Waals surface area (Å²) < 4.78 is 29.6. The number of amides is 2. The maximum Gasteiger partial charge on any atom is 0.264 e. The highest BCUT2D eigenvalue weighted by Crippen LogP contribution is 2.26. The van der Waals surface area contributed by atoms with Crippen LogP contribution in [0, 0.1) is 6.92 Å². The molecule has 3 aromatic rings. The van der Waals surface area contributed by atoms with Crippen molar-refractivity contribution < 1.29 is 18.0 Å². The zero-order valence-electron chi connectivity index (χ0n) is 21.8. The molecular formula is C28H32BrN3O4S2. The number of hydrogen-bond donors (Lipinski definition) is 1. The number of hydrogen-bond acceptors (Lipinski definition) is 5. The van der Waals surface area contributed by atoms with Gasteiger partial charge in [-0.3, -0.25) is 13.9 Å². The van der Waals surface area contributed by atoms with E-state index in [1.165, 1.54) is 16.7 Å². The molecule has 3 aromatic carbocycles. The van der Waals surface area contributed by atoms with Crippen LogP contribution in [0.3, 0.4) is 0 Å². The zero-order valence-corrected chi connectivity index (χ0v) is 25.1. The lowest BCUT2D eigenvalue weighted by molar-refractivity contribution is -0.139. The minimum Gasteiger partial charge on any atom is -0.355 e. The Morgan fingerprint density at radius 3 is 2.26 bits per heavy atom. The Labute approximate surface area is 237 Å². The lowest BCUT2D eigenvalue weighted by atomic mass is 10.1. The SMILES string of the molecule is CCNC(=O)[C@@H](C)N(Cc1cccc(Br)c1)C(=O)CN(c1ccc(C)cc1)S(=O)(=O)c1ccc(SC)cc1. The third-order valence-electron chi connectivity index (χ3n) is 6.01. The number of nitrogens with one attached hydrogen (secondary N) is 1. The first-order valence-corrected chi connectivity index (χ1v) is 15.6. The van der Waals surface area contributed by atoms with E-state index in [0.29, 0.717) is 12.2 Å². The predicted octanol–water partition coefficient (Wildman–Crippen LogP) is 5.23. The fourth-order valence-corrected chi connectivity index (χ4v) is 6.12. The second kappa shape index (κ2) is 13.3. The summed E-state index contributed by atoms with van der Waals surface area (Å²) >= 11 is 4.96. The Hall–Kier alpha value is -2.82. The second-order valence-corrected chi connectivity index (χ2v) is 12.4. The monoisotopic (exact) mass is 617 g/mol. The number of carbonyl (C=O) groups is 2. The highest BCUT2D eigenvalue weighted by Gasteiger charge is 2.32. The van der Waals surface area contributed by atoms with Crippen molar-refractivity contribution in [2.75, 3.05) is 23.7 Å². The summed E-state index contributed by atoms with van der Waals surface area (Å²) in [4.78, 5) is 29.0. The Kier molecular flexibility index (Phi) is 10.4. The molecule has 0 saturated heterocycles. The van der Waals surface area contributed by atoms with Gasteiger partial charge in [-0.05, 0) is 81.1 Å². The quantitative estimate of drug-likeness (QED) is 0.298. The van der Waals surface area contributed by atoms with Crippen LogP contribution in [0.25, 0.3) is 0 Å². The normalized spacial score (nSPS) is 12.0. The van der Waals surface area contributed by atoms with Gasteiger partial charge in [0.05, 0.1) is 10.6 Å². The zero-order chi connectivity index (χ0) is 27.9. The minimum atomic E-state index is -4.09. The van der Waals surface area contributed by atoms with Crippen LogP contribution in [0.5, 0.6) is 0 Å². The molecular weight excluding hydrogens is 586 g/mol. The Morgan fingerprint density at radius 1 is 1.03 bits per heavy atom. The molecule has 0 saturated carbocycles. The molecule has 2 amide bonds. The van der Waals surface area contributed by atoms with Crippen molar-refractivity contribution in [3.05, 3.63) is 88.4 Å². The van der Waals surface area contributed by atoms with Crippen LogP contribution < -0.4 is 9.62 Å². The van der Waals surface area contributed by atoms with Crippen LogP contribution in [-0.2, 0) is 26.2 Å². The topological polar surface area (TPSA) is 86.8 Å². The van der Waals surface area contributed by atoms with Gasteiger partial charge in [-0.25, -0.2) is 8.42 Å². The number of sulfonamides is 1. The largest absolute Gasteiger partial charge is 0.355 e. The first kappa shape index (κ1) is 29.7. The molecule has 7 nitrogen and oxygen atoms in total. The second-order valence-electron chi connectivity index (χ2n) is 8.74. The number of nitrogens with zero attached hydrogens (tertiary/aromatic N) is 2. The van der Waals surface area contributed by atoms with E-state index in [1.807, 2.05) is 37.4 Å². The fraction of sp³-hybridized carbons (Fsp3) is 0.286. The van der Waals surface area contributed by atoms with Gasteiger partial charge in [0, 0.05) is 22.5 Å². The summed E-state index contributed by atoms with van der Waals surface area (Å²) in [6, 6.07) is 20.2. The molecule has 202 valence electrons. The van der Waals surface area contributed by atoms with Crippen LogP contribution in [0.15, 0.2) is 87.1 Å². The average molecular weight is 619 g/mol. The standard InChI is InChI=1S/C28H32BrN3O4S2/c1-5-30-28(34)21(3)31(18-22-7-6-8-23(29)17-22)27(33)19-32(24-11-9-20(2)10-12-24)38(35,36)26-15-13-25(37-4)14-16-26/h6-17,21H,5,18-19H2,1-4H3,(H,30,34)/t21-/m1/s1. The van der Waals surface area contributed by atoms with E-state index in [-0.39, 0.29) is 17.3 Å². The van der Waals surface area contributed by atoms with Gasteiger partial charge < -0.3 is 10.2 Å². The summed E-state index contributed by atoms with van der Waals surface area (Å²) in [6.07, 6.45) is 1.91. The Morgan fingerprint density at radius 2 is 1.68 bits per heavy atom. The summed E-state index contributed by atoms with van der Waals surface area (Å²) in [7, 11) is -4.09. The number of carbonyl (C=O) groups excluding carboxylic acids is 2. The molecule has 0 unspecified atom stereocenters. The van der Waals surface area contributed by atoms with E-state index in [4.69, 9.17) is 0 Å². The van der Waals surface area contributed by atoms with Crippen molar-refractivity contribution in [3.63, 3.8) is 0 Å². The highest BCUT2D eigenvalue weighted by atomic mass is 79.9. The van der Waals surface area contributed by atoms with Crippen molar-refractivity contribution in [2.45, 2.75) is 43.1 Å². The molecule has 0 aliphatic rings. The molecule has 0 heterocycles. The summed E-state index contributed by atoms with van der Waals surface area (Å²) in [6.45, 7) is 5.45. The molecule has 0 bridgehead atoms. The number of likely N-dealkylation sites (N-methyl/N-ethyl adjacent to an activating group) is 1. The third-order valence-corrected chi connectivity index (χ3v) is 9.03. The predicted molar refractivity (Wildman–Crippen MR) is 157 cm³/mol. The smallest absolute Gasteiger partial charge is 0.264 e. The van der Waals surface area contributed by atoms with E-state index in [0.717, 1.165) is 24.8 Å². The lowest BCUT2D eigenvalue weighted by Gasteiger charge is -2.32. The van der Waals surface area contributed by atoms with Crippen molar-refractivity contribution in [2.24, 2.45) is 0 Å². The molecule has 0 radical (unpaired) electrons. The number of halogens is 1. The Bertz CT molecular complexity index is 1360. The summed E-state index contributed by atoms with van der Waals surface area (Å²) in [5.41, 5.74) is 2.13. The molecule has 10 heteroatoms. The number of benzene rings is 3. The Balaban J connectivity index is 2.02. The number of anilines is 1. The van der Waals surface area contributed by atoms with Gasteiger partial charge in [0.1, 0.15) is 12.6 Å². The maximum atomic E-state index is 13.8. The molecule has 0 aliphatic heterocycles. The summed E-state index contributed by atoms with van der Waals surface area (Å²) in [5.74, 6) is -0.804. The summed E-state index contributed by atoms with van der Waals surface area (Å²) in [5, 5.41) is 2.76. The number of thioether (sulfide) groups is 1. The number of rotatable bonds is 11. The first-order valence-electron chi connectivity index (χ1n) is 12.1. The van der Waals surface area contributed by atoms with Crippen LogP contribution >= 0.6 is 27.7 Å². The first-order chi connectivity index (χ1) is 18.1. The molecule has 1 N–H and O–H groups in total. The van der Waals surface area contributed by atoms with Crippen LogP contribution in [-0.4, -0.2) is 50.5 Å². The van der Waals surface area contributed by atoms with Crippen LogP contribution in [0.4, 0.5) is 5.69 Å². The third kappa shape index (κ3) is 7.39. The van der Waals surface area contributed by atoms with Crippen molar-refractivity contribution in [1.29, 1.82) is 0 Å². The molecule has 3 rings (SSSR count). The van der Waals surface area contributed by atoms with Crippen molar-refractivity contribution in [3.8, 4) is 0 Å². The van der Waals surface area contributed by atoms with E-state index < -0.39 is 28.5 Å². The molecule has 0 spiro atoms. The molecule has 1 atom stereocenters. The van der Waals surface area contributed by atoms with Crippen molar-refractivity contribution in [1.82, 2.24) is 10.2 Å². The van der Waals surface area contributed by atoms with Gasteiger partial charge in [-0.2, -0.15) is 0 Å². The highest BCUT2D eigenvalue weighted by molar-refractivity contribution is 9.10. The van der Waals surface area contributed by atoms with E-state index >= 15 is 0 Å². The number of aryl methyl sites for hydroxylation is 1. The van der Waals surface area contributed by atoms with Gasteiger partial charge >= 0.3 is 0 Å². The minimum absolute atomic E-state index is 0.0824. The van der Waals surface area contributed by atoms with E-state index in [9.17, 15) is 18.0 Å². The van der Waals surface area contributed by atoms with Gasteiger partial charge in [0.2, 0.25) is 11.8 Å². The lowest BCUT2D eigenvalue weighted by Crippen LogP contribution is -2.51.